The predicted molar refractivity (Wildman–Crippen MR) is 155 cm³/mol. The highest BCUT2D eigenvalue weighted by molar-refractivity contribution is 8.44. The van der Waals surface area contributed by atoms with Crippen molar-refractivity contribution >= 4 is 72.2 Å². The van der Waals surface area contributed by atoms with Crippen LogP contribution in [0.25, 0.3) is 22.3 Å². The lowest BCUT2D eigenvalue weighted by Gasteiger charge is -2.26. The van der Waals surface area contributed by atoms with Gasteiger partial charge in [-0.05, 0) is 0 Å². The Bertz CT molecular complexity index is 1940. The molecule has 7 N–H and O–H groups in total. The molecule has 10 atom stereocenters. The summed E-state index contributed by atoms with van der Waals surface area (Å²) >= 11 is 8.09. The molecule has 10 unspecified atom stereocenters. The first-order chi connectivity index (χ1) is 21.3. The van der Waals surface area contributed by atoms with Crippen molar-refractivity contribution in [2.75, 3.05) is 24.7 Å². The van der Waals surface area contributed by atoms with Crippen LogP contribution in [0.1, 0.15) is 12.5 Å². The number of rotatable bonds is 2. The number of nitrogen functional groups attached to an aromatic ring is 2. The Morgan fingerprint density at radius 2 is 1.60 bits per heavy atom. The quantitative estimate of drug-likeness (QED) is 0.0963. The second kappa shape index (κ2) is 11.2. The molecule has 4 aromatic heterocycles. The lowest BCUT2D eigenvalue weighted by molar-refractivity contribution is -0.0606. The highest BCUT2D eigenvalue weighted by atomic mass is 32.7. The summed E-state index contributed by atoms with van der Waals surface area (Å²) in [7, 11) is 0. The molecule has 7 heterocycles. The van der Waals surface area contributed by atoms with E-state index in [0.29, 0.717) is 0 Å². The maximum atomic E-state index is 13.5. The van der Waals surface area contributed by atoms with Crippen molar-refractivity contribution in [3.63, 3.8) is 0 Å². The predicted octanol–water partition coefficient (Wildman–Crippen LogP) is -1.07. The van der Waals surface area contributed by atoms with Gasteiger partial charge in [-0.1, -0.05) is 29.7 Å². The molecule has 0 saturated carbocycles. The van der Waals surface area contributed by atoms with Gasteiger partial charge < -0.3 is 31.2 Å². The van der Waals surface area contributed by atoms with Crippen LogP contribution in [0.3, 0.4) is 0 Å². The lowest BCUT2D eigenvalue weighted by Crippen LogP contribution is -2.36. The van der Waals surface area contributed by atoms with Crippen LogP contribution in [-0.4, -0.2) is 105 Å². The molecule has 2 bridgehead atoms. The van der Waals surface area contributed by atoms with E-state index in [1.807, 2.05) is 0 Å². The molecular formula is C19H23N11O11P2S2. The number of aromatic nitrogens is 9. The first kappa shape index (κ1) is 30.9. The number of H-pyrrole nitrogens is 1. The SMILES string of the molecule is Nc1nc2c(ncn2C2OC3COP(=O)(S)OC4C(COP(=O)(S)OC2C3O)OC(n2nnc3c(N)ncnc32)C4O)c(=O)[nH]1. The van der Waals surface area contributed by atoms with Crippen LogP contribution >= 0.6 is 38.1 Å². The zero-order valence-corrected chi connectivity index (χ0v) is 25.9. The summed E-state index contributed by atoms with van der Waals surface area (Å²) in [5.74, 6) is -0.209. The third-order valence-electron chi connectivity index (χ3n) is 7.19. The Balaban J connectivity index is 1.21. The molecule has 4 aromatic rings. The fourth-order valence-corrected chi connectivity index (χ4v) is 8.12. The first-order valence-corrected chi connectivity index (χ1v) is 18.2. The second-order valence-electron chi connectivity index (χ2n) is 10.0. The Morgan fingerprint density at radius 3 is 2.36 bits per heavy atom. The summed E-state index contributed by atoms with van der Waals surface area (Å²) in [5, 5.41) is 30.2. The molecule has 45 heavy (non-hydrogen) atoms. The van der Waals surface area contributed by atoms with Gasteiger partial charge >= 0.3 is 13.6 Å². The van der Waals surface area contributed by atoms with Crippen molar-refractivity contribution in [1.82, 2.24) is 44.5 Å². The molecule has 7 rings (SSSR count). The van der Waals surface area contributed by atoms with E-state index in [1.165, 1.54) is 10.9 Å². The summed E-state index contributed by atoms with van der Waals surface area (Å²) in [4.78, 5) is 30.6. The zero-order valence-electron chi connectivity index (χ0n) is 22.3. The highest BCUT2D eigenvalue weighted by Crippen LogP contribution is 2.60. The number of hydrogen-bond acceptors (Lipinski definition) is 19. The third kappa shape index (κ3) is 5.53. The average molecular weight is 708 g/mol. The van der Waals surface area contributed by atoms with Gasteiger partial charge in [0.2, 0.25) is 5.95 Å². The van der Waals surface area contributed by atoms with Crippen molar-refractivity contribution in [2.24, 2.45) is 0 Å². The average Bonchev–Trinajstić information content (AvgIpc) is 3.72. The molecule has 0 radical (unpaired) electrons. The molecule has 26 heteroatoms. The largest absolute Gasteiger partial charge is 0.387 e. The summed E-state index contributed by atoms with van der Waals surface area (Å²) in [6, 6.07) is 0. The number of ether oxygens (including phenoxy) is 2. The van der Waals surface area contributed by atoms with Gasteiger partial charge in [0.15, 0.2) is 40.6 Å². The molecule has 0 spiro atoms. The molecule has 3 aliphatic heterocycles. The molecule has 0 amide bonds. The van der Waals surface area contributed by atoms with E-state index in [0.717, 1.165) is 11.0 Å². The molecule has 3 aliphatic rings. The van der Waals surface area contributed by atoms with E-state index in [4.69, 9.17) is 39.0 Å². The van der Waals surface area contributed by atoms with E-state index in [1.54, 1.807) is 0 Å². The minimum absolute atomic E-state index is 0.0226. The fourth-order valence-electron chi connectivity index (χ4n) is 5.17. The molecule has 22 nitrogen and oxygen atoms in total. The normalized spacial score (nSPS) is 37.7. The van der Waals surface area contributed by atoms with Crippen LogP contribution in [0.2, 0.25) is 0 Å². The van der Waals surface area contributed by atoms with Crippen LogP contribution in [-0.2, 0) is 36.7 Å². The summed E-state index contributed by atoms with van der Waals surface area (Å²) in [6.45, 7) is -9.95. The molecule has 242 valence electrons. The second-order valence-corrected chi connectivity index (χ2v) is 15.8. The smallest absolute Gasteiger partial charge is 0.386 e. The summed E-state index contributed by atoms with van der Waals surface area (Å²) in [6.07, 6.45) is -9.08. The standard InChI is InChI=1S/C19H23N11O11P2S2/c20-13-7-14(23-3-22-13)30(28-27-7)17-10(32)11-6(39-17)2-37-43(35,45)41-12-9(31)5(1-36-42(34,44)40-11)38-18(12)29-4-24-8-15(29)25-19(21)26-16(8)33/h3-6,9-12,17-18,31-32H,1-2H2,(H,34,44)(H,35,45)(H2,20,22,23)(H3,21,25,26,33). The van der Waals surface area contributed by atoms with Gasteiger partial charge in [0, 0.05) is 0 Å². The Morgan fingerprint density at radius 1 is 0.911 bits per heavy atom. The Labute approximate surface area is 260 Å². The van der Waals surface area contributed by atoms with E-state index in [-0.39, 0.29) is 34.1 Å². The number of anilines is 2. The Kier molecular flexibility index (Phi) is 7.70. The number of imidazole rings is 1. The first-order valence-electron chi connectivity index (χ1n) is 12.8. The minimum Gasteiger partial charge on any atom is -0.387 e. The molecule has 0 aromatic carbocycles. The number of aliphatic hydroxyl groups excluding tert-OH is 2. The zero-order chi connectivity index (χ0) is 31.8. The number of nitrogens with two attached hydrogens (primary N) is 2. The lowest BCUT2D eigenvalue weighted by atomic mass is 10.1. The summed E-state index contributed by atoms with van der Waals surface area (Å²) in [5.41, 5.74) is 11.0. The number of aromatic amines is 1. The number of thiol groups is 2. The highest BCUT2D eigenvalue weighted by Gasteiger charge is 2.53. The van der Waals surface area contributed by atoms with E-state index in [9.17, 15) is 24.1 Å². The van der Waals surface area contributed by atoms with Crippen molar-refractivity contribution in [3.8, 4) is 0 Å². The van der Waals surface area contributed by atoms with Gasteiger partial charge in [-0.25, -0.2) is 24.1 Å². The van der Waals surface area contributed by atoms with Crippen LogP contribution in [0.4, 0.5) is 11.8 Å². The van der Waals surface area contributed by atoms with Crippen LogP contribution in [0, 0.1) is 0 Å². The van der Waals surface area contributed by atoms with Gasteiger partial charge in [-0.15, -0.1) is 5.10 Å². The Hall–Kier alpha value is -2.73. The number of nitrogens with zero attached hydrogens (tertiary/aromatic N) is 8. The maximum absolute atomic E-state index is 13.5. The van der Waals surface area contributed by atoms with Crippen molar-refractivity contribution in [1.29, 1.82) is 0 Å². The minimum atomic E-state index is -4.39. The van der Waals surface area contributed by atoms with E-state index < -0.39 is 81.4 Å². The van der Waals surface area contributed by atoms with Crippen LogP contribution in [0.15, 0.2) is 17.4 Å². The molecule has 3 saturated heterocycles. The number of nitrogens with one attached hydrogen (secondary N) is 1. The third-order valence-corrected chi connectivity index (χ3v) is 10.4. The van der Waals surface area contributed by atoms with E-state index >= 15 is 0 Å². The van der Waals surface area contributed by atoms with Gasteiger partial charge in [-0.2, -0.15) is 9.67 Å². The maximum Gasteiger partial charge on any atom is 0.386 e. The van der Waals surface area contributed by atoms with Gasteiger partial charge in [0.1, 0.15) is 43.0 Å². The topological polar surface area (TPSA) is 302 Å². The monoisotopic (exact) mass is 707 g/mol. The van der Waals surface area contributed by atoms with Crippen molar-refractivity contribution < 1.29 is 46.9 Å². The van der Waals surface area contributed by atoms with E-state index in [2.05, 4.69) is 59.7 Å². The summed E-state index contributed by atoms with van der Waals surface area (Å²) < 4.78 is 63.3. The van der Waals surface area contributed by atoms with Gasteiger partial charge in [0.25, 0.3) is 5.56 Å². The van der Waals surface area contributed by atoms with Crippen LogP contribution in [0.5, 0.6) is 0 Å². The molecule has 3 fully saturated rings. The molecular weight excluding hydrogens is 684 g/mol. The molecule has 0 aliphatic carbocycles. The van der Waals surface area contributed by atoms with Crippen molar-refractivity contribution in [2.45, 2.75) is 49.1 Å². The van der Waals surface area contributed by atoms with Gasteiger partial charge in [-0.3, -0.25) is 32.4 Å². The van der Waals surface area contributed by atoms with Crippen molar-refractivity contribution in [3.05, 3.63) is 23.0 Å². The van der Waals surface area contributed by atoms with Gasteiger partial charge in [0.05, 0.1) is 19.5 Å². The fraction of sp³-hybridized carbons (Fsp3) is 0.526. The number of hydrogen-bond donors (Lipinski definition) is 7. The van der Waals surface area contributed by atoms with Crippen LogP contribution < -0.4 is 17.0 Å². The number of aliphatic hydroxyl groups is 2. The number of fused-ring (bicyclic) bond motifs is 5.